The zero-order valence-corrected chi connectivity index (χ0v) is 23.5. The summed E-state index contributed by atoms with van der Waals surface area (Å²) in [7, 11) is 0. The average molecular weight is 543 g/mol. The van der Waals surface area contributed by atoms with E-state index in [9.17, 15) is 14.4 Å². The maximum atomic E-state index is 13.7. The molecule has 3 fully saturated rings. The van der Waals surface area contributed by atoms with E-state index < -0.39 is 12.1 Å². The summed E-state index contributed by atoms with van der Waals surface area (Å²) in [5.41, 5.74) is 0.925. The van der Waals surface area contributed by atoms with E-state index in [1.807, 2.05) is 42.2 Å². The van der Waals surface area contributed by atoms with Gasteiger partial charge in [-0.25, -0.2) is 4.79 Å². The number of esters is 1. The molecule has 1 aromatic rings. The summed E-state index contributed by atoms with van der Waals surface area (Å²) in [5.74, 6) is 0.669. The molecule has 2 heterocycles. The fourth-order valence-electron chi connectivity index (χ4n) is 6.17. The molecule has 39 heavy (non-hydrogen) atoms. The van der Waals surface area contributed by atoms with Crippen LogP contribution in [0.1, 0.15) is 57.4 Å². The van der Waals surface area contributed by atoms with E-state index in [1.54, 1.807) is 0 Å². The number of rotatable bonds is 10. The molecule has 2 aliphatic heterocycles. The first-order chi connectivity index (χ1) is 19.0. The highest BCUT2D eigenvalue weighted by molar-refractivity contribution is 5.86. The number of amides is 2. The molecule has 4 rings (SSSR count). The molecule has 0 radical (unpaired) electrons. The van der Waals surface area contributed by atoms with Gasteiger partial charge in [0.1, 0.15) is 12.6 Å². The fourth-order valence-corrected chi connectivity index (χ4v) is 6.17. The molecule has 9 nitrogen and oxygen atoms in total. The van der Waals surface area contributed by atoms with Gasteiger partial charge in [-0.2, -0.15) is 0 Å². The second-order valence-corrected chi connectivity index (χ2v) is 11.2. The zero-order chi connectivity index (χ0) is 27.5. The smallest absolute Gasteiger partial charge is 0.408 e. The minimum absolute atomic E-state index is 0.0329. The Balaban J connectivity index is 1.23. The lowest BCUT2D eigenvalue weighted by Crippen LogP contribution is -2.57. The number of carbonyl (C=O) groups is 3. The van der Waals surface area contributed by atoms with Gasteiger partial charge >= 0.3 is 12.1 Å². The van der Waals surface area contributed by atoms with Crippen molar-refractivity contribution in [2.24, 2.45) is 11.8 Å². The van der Waals surface area contributed by atoms with Crippen LogP contribution in [0, 0.1) is 11.8 Å². The van der Waals surface area contributed by atoms with Crippen LogP contribution in [0.25, 0.3) is 0 Å². The first kappa shape index (κ1) is 29.3. The highest BCUT2D eigenvalue weighted by Crippen LogP contribution is 2.28. The maximum absolute atomic E-state index is 13.7. The predicted octanol–water partition coefficient (Wildman–Crippen LogP) is 3.28. The standard InChI is InChI=1S/C30H46N4O5/c1-2-38-27(35)22-32-15-13-24(14-16-32)21-33-17-19-34(20-18-33)29(36)28(26-11-7-4-8-12-26)31-30(37)39-23-25-9-5-3-6-10-25/h3,5-6,9-10,24,26,28H,2,4,7-8,11-23H2,1H3,(H,31,37)/t28-/m1/s1. The van der Waals surface area contributed by atoms with E-state index in [1.165, 1.54) is 6.42 Å². The summed E-state index contributed by atoms with van der Waals surface area (Å²) in [6.07, 6.45) is 6.96. The zero-order valence-electron chi connectivity index (χ0n) is 23.5. The van der Waals surface area contributed by atoms with Gasteiger partial charge in [-0.05, 0) is 63.1 Å². The maximum Gasteiger partial charge on any atom is 0.408 e. The number of likely N-dealkylation sites (tertiary alicyclic amines) is 1. The lowest BCUT2D eigenvalue weighted by atomic mass is 9.83. The topological polar surface area (TPSA) is 91.4 Å². The van der Waals surface area contributed by atoms with Crippen molar-refractivity contribution in [2.75, 3.05) is 59.0 Å². The van der Waals surface area contributed by atoms with Gasteiger partial charge in [0.2, 0.25) is 5.91 Å². The van der Waals surface area contributed by atoms with Crippen molar-refractivity contribution >= 4 is 18.0 Å². The Morgan fingerprint density at radius 3 is 2.23 bits per heavy atom. The number of hydrogen-bond donors (Lipinski definition) is 1. The molecule has 1 atom stereocenters. The third-order valence-electron chi connectivity index (χ3n) is 8.44. The number of piperazine rings is 1. The lowest BCUT2D eigenvalue weighted by molar-refractivity contribution is -0.145. The van der Waals surface area contributed by atoms with Crippen molar-refractivity contribution in [3.63, 3.8) is 0 Å². The minimum atomic E-state index is -0.524. The molecule has 1 saturated carbocycles. The summed E-state index contributed by atoms with van der Waals surface area (Å²) in [5, 5.41) is 2.95. The predicted molar refractivity (Wildman–Crippen MR) is 149 cm³/mol. The number of ether oxygens (including phenoxy) is 2. The van der Waals surface area contributed by atoms with Crippen molar-refractivity contribution in [1.82, 2.24) is 20.0 Å². The molecular formula is C30H46N4O5. The number of benzene rings is 1. The third-order valence-corrected chi connectivity index (χ3v) is 8.44. The molecule has 0 spiro atoms. The molecule has 3 aliphatic rings. The molecule has 1 aliphatic carbocycles. The highest BCUT2D eigenvalue weighted by Gasteiger charge is 2.36. The van der Waals surface area contributed by atoms with E-state index in [2.05, 4.69) is 15.1 Å². The van der Waals surface area contributed by atoms with Gasteiger partial charge in [0.15, 0.2) is 0 Å². The first-order valence-electron chi connectivity index (χ1n) is 14.9. The van der Waals surface area contributed by atoms with E-state index in [0.717, 1.165) is 76.8 Å². The molecule has 0 bridgehead atoms. The Hall–Kier alpha value is -2.65. The summed E-state index contributed by atoms with van der Waals surface area (Å²) in [6.45, 7) is 8.81. The molecular weight excluding hydrogens is 496 g/mol. The second kappa shape index (κ2) is 15.2. The Labute approximate surface area is 233 Å². The minimum Gasteiger partial charge on any atom is -0.465 e. The van der Waals surface area contributed by atoms with Crippen LogP contribution in [0.4, 0.5) is 4.79 Å². The van der Waals surface area contributed by atoms with Crippen LogP contribution in [0.2, 0.25) is 0 Å². The SMILES string of the molecule is CCOC(=O)CN1CCC(CN2CCN(C(=O)[C@H](NC(=O)OCc3ccccc3)C3CCCCC3)CC2)CC1. The molecule has 0 unspecified atom stereocenters. The van der Waals surface area contributed by atoms with E-state index in [0.29, 0.717) is 32.2 Å². The van der Waals surface area contributed by atoms with Gasteiger partial charge in [-0.1, -0.05) is 49.6 Å². The van der Waals surface area contributed by atoms with Crippen LogP contribution in [-0.2, 0) is 25.7 Å². The largest absolute Gasteiger partial charge is 0.465 e. The number of nitrogens with zero attached hydrogens (tertiary/aromatic N) is 3. The van der Waals surface area contributed by atoms with E-state index >= 15 is 0 Å². The van der Waals surface area contributed by atoms with Crippen molar-refractivity contribution in [3.8, 4) is 0 Å². The Bertz CT molecular complexity index is 907. The molecule has 1 N–H and O–H groups in total. The van der Waals surface area contributed by atoms with Gasteiger partial charge in [-0.3, -0.25) is 19.4 Å². The van der Waals surface area contributed by atoms with Crippen molar-refractivity contribution in [2.45, 2.75) is 64.5 Å². The molecule has 2 saturated heterocycles. The Morgan fingerprint density at radius 1 is 0.872 bits per heavy atom. The number of hydrogen-bond acceptors (Lipinski definition) is 7. The van der Waals surface area contributed by atoms with Gasteiger partial charge in [-0.15, -0.1) is 0 Å². The Morgan fingerprint density at radius 2 is 1.56 bits per heavy atom. The van der Waals surface area contributed by atoms with Gasteiger partial charge < -0.3 is 19.7 Å². The highest BCUT2D eigenvalue weighted by atomic mass is 16.5. The van der Waals surface area contributed by atoms with Crippen molar-refractivity contribution in [1.29, 1.82) is 0 Å². The second-order valence-electron chi connectivity index (χ2n) is 11.2. The van der Waals surface area contributed by atoms with Gasteiger partial charge in [0.05, 0.1) is 13.2 Å². The normalized spacial score (nSPS) is 20.8. The van der Waals surface area contributed by atoms with Crippen LogP contribution in [0.15, 0.2) is 30.3 Å². The lowest BCUT2D eigenvalue weighted by Gasteiger charge is -2.40. The number of alkyl carbamates (subject to hydrolysis) is 1. The monoisotopic (exact) mass is 542 g/mol. The van der Waals surface area contributed by atoms with Crippen LogP contribution < -0.4 is 5.32 Å². The third kappa shape index (κ3) is 9.21. The van der Waals surface area contributed by atoms with Crippen molar-refractivity contribution in [3.05, 3.63) is 35.9 Å². The van der Waals surface area contributed by atoms with Crippen LogP contribution in [0.3, 0.4) is 0 Å². The van der Waals surface area contributed by atoms with E-state index in [4.69, 9.17) is 9.47 Å². The molecule has 1 aromatic carbocycles. The molecule has 0 aromatic heterocycles. The van der Waals surface area contributed by atoms with Gasteiger partial charge in [0.25, 0.3) is 0 Å². The average Bonchev–Trinajstić information content (AvgIpc) is 2.97. The van der Waals surface area contributed by atoms with Gasteiger partial charge in [0, 0.05) is 32.7 Å². The van der Waals surface area contributed by atoms with Crippen LogP contribution >= 0.6 is 0 Å². The molecule has 2 amide bonds. The number of piperidine rings is 1. The fraction of sp³-hybridized carbons (Fsp3) is 0.700. The number of nitrogens with one attached hydrogen (secondary N) is 1. The van der Waals surface area contributed by atoms with Crippen molar-refractivity contribution < 1.29 is 23.9 Å². The van der Waals surface area contributed by atoms with Crippen LogP contribution in [0.5, 0.6) is 0 Å². The first-order valence-corrected chi connectivity index (χ1v) is 14.9. The summed E-state index contributed by atoms with van der Waals surface area (Å²) >= 11 is 0. The summed E-state index contributed by atoms with van der Waals surface area (Å²) in [6, 6.07) is 9.08. The summed E-state index contributed by atoms with van der Waals surface area (Å²) in [4.78, 5) is 44.7. The summed E-state index contributed by atoms with van der Waals surface area (Å²) < 4.78 is 10.5. The molecule has 216 valence electrons. The van der Waals surface area contributed by atoms with Crippen LogP contribution in [-0.4, -0.2) is 97.7 Å². The molecule has 9 heteroatoms. The Kier molecular flexibility index (Phi) is 11.4. The number of carbonyl (C=O) groups excluding carboxylic acids is 3. The quantitative estimate of drug-likeness (QED) is 0.454. The van der Waals surface area contributed by atoms with E-state index in [-0.39, 0.29) is 24.4 Å².